The molecule has 0 radical (unpaired) electrons. The van der Waals surface area contributed by atoms with Crippen LogP contribution in [-0.4, -0.2) is 40.2 Å². The Morgan fingerprint density at radius 1 is 1.44 bits per heavy atom. The lowest BCUT2D eigenvalue weighted by Gasteiger charge is -2.20. The maximum Gasteiger partial charge on any atom is 0.282 e. The lowest BCUT2D eigenvalue weighted by molar-refractivity contribution is 0.0952. The number of thioether (sulfide) groups is 1. The van der Waals surface area contributed by atoms with Gasteiger partial charge in [-0.2, -0.15) is 11.8 Å². The Morgan fingerprint density at radius 3 is 3.06 bits per heavy atom. The maximum atomic E-state index is 11.9. The largest absolute Gasteiger partial charge is 0.360 e. The molecule has 2 heterocycles. The van der Waals surface area contributed by atoms with Crippen LogP contribution in [0.1, 0.15) is 36.0 Å². The summed E-state index contributed by atoms with van der Waals surface area (Å²) in [6.45, 7) is 3.51. The highest BCUT2D eigenvalue weighted by Gasteiger charge is 2.17. The third-order valence-corrected chi connectivity index (χ3v) is 4.99. The summed E-state index contributed by atoms with van der Waals surface area (Å²) >= 11 is 3.25. The van der Waals surface area contributed by atoms with E-state index < -0.39 is 0 Å². The van der Waals surface area contributed by atoms with Gasteiger partial charge in [0, 0.05) is 18.3 Å². The van der Waals surface area contributed by atoms with Crippen molar-refractivity contribution in [1.82, 2.24) is 15.5 Å². The van der Waals surface area contributed by atoms with Crippen LogP contribution in [0.2, 0.25) is 0 Å². The van der Waals surface area contributed by atoms with E-state index in [4.69, 9.17) is 0 Å². The number of carbonyl (C=O) groups excluding carboxylic acids is 1. The van der Waals surface area contributed by atoms with Gasteiger partial charge in [-0.15, -0.1) is 10.2 Å². The van der Waals surface area contributed by atoms with Crippen LogP contribution in [0.3, 0.4) is 0 Å². The number of aromatic nitrogens is 2. The van der Waals surface area contributed by atoms with Gasteiger partial charge < -0.3 is 10.6 Å². The average Bonchev–Trinajstić information content (AvgIpc) is 2.86. The zero-order valence-electron chi connectivity index (χ0n) is 10.4. The number of anilines is 1. The van der Waals surface area contributed by atoms with Crippen molar-refractivity contribution in [2.45, 2.75) is 31.4 Å². The molecule has 1 atom stereocenters. The molecular weight excluding hydrogens is 268 g/mol. The molecular formula is C11H18N4OS2. The second-order valence-electron chi connectivity index (χ2n) is 4.14. The highest BCUT2D eigenvalue weighted by Crippen LogP contribution is 2.24. The van der Waals surface area contributed by atoms with E-state index in [0.717, 1.165) is 13.1 Å². The van der Waals surface area contributed by atoms with Crippen LogP contribution < -0.4 is 10.6 Å². The minimum atomic E-state index is -0.108. The van der Waals surface area contributed by atoms with Crippen molar-refractivity contribution in [3.8, 4) is 0 Å². The zero-order chi connectivity index (χ0) is 12.8. The quantitative estimate of drug-likeness (QED) is 0.866. The van der Waals surface area contributed by atoms with Crippen molar-refractivity contribution >= 4 is 34.1 Å². The highest BCUT2D eigenvalue weighted by atomic mass is 32.2. The molecule has 1 aromatic rings. The second kappa shape index (κ2) is 6.94. The summed E-state index contributed by atoms with van der Waals surface area (Å²) in [4.78, 5) is 11.9. The van der Waals surface area contributed by atoms with Gasteiger partial charge in [-0.05, 0) is 25.5 Å². The molecule has 100 valence electrons. The van der Waals surface area contributed by atoms with Crippen LogP contribution >= 0.6 is 23.1 Å². The number of hydrogen-bond donors (Lipinski definition) is 2. The molecule has 1 saturated heterocycles. The Bertz CT molecular complexity index is 390. The van der Waals surface area contributed by atoms with Crippen molar-refractivity contribution in [2.75, 3.05) is 24.2 Å². The van der Waals surface area contributed by atoms with Gasteiger partial charge in [-0.25, -0.2) is 0 Å². The normalized spacial score (nSPS) is 19.5. The Morgan fingerprint density at radius 2 is 2.33 bits per heavy atom. The van der Waals surface area contributed by atoms with Crippen LogP contribution in [0.4, 0.5) is 5.13 Å². The monoisotopic (exact) mass is 286 g/mol. The molecule has 2 N–H and O–H groups in total. The molecule has 5 nitrogen and oxygen atoms in total. The number of nitrogens with zero attached hydrogens (tertiary/aromatic N) is 2. The summed E-state index contributed by atoms with van der Waals surface area (Å²) in [7, 11) is 0. The van der Waals surface area contributed by atoms with Gasteiger partial charge in [0.05, 0.1) is 0 Å². The summed E-state index contributed by atoms with van der Waals surface area (Å²) < 4.78 is 0. The zero-order valence-corrected chi connectivity index (χ0v) is 12.1. The minimum absolute atomic E-state index is 0.108. The summed E-state index contributed by atoms with van der Waals surface area (Å²) in [5.74, 6) is 1.10. The fraction of sp³-hybridized carbons (Fsp3) is 0.727. The molecule has 2 rings (SSSR count). The smallest absolute Gasteiger partial charge is 0.282 e. The third-order valence-electron chi connectivity index (χ3n) is 2.71. The number of rotatable bonds is 5. The van der Waals surface area contributed by atoms with Gasteiger partial charge in [0.1, 0.15) is 0 Å². The lowest BCUT2D eigenvalue weighted by Crippen LogP contribution is -2.31. The van der Waals surface area contributed by atoms with Crippen LogP contribution in [0, 0.1) is 0 Å². The number of carbonyl (C=O) groups is 1. The lowest BCUT2D eigenvalue weighted by atomic mass is 10.2. The van der Waals surface area contributed by atoms with Crippen molar-refractivity contribution in [3.05, 3.63) is 5.01 Å². The molecule has 1 aromatic heterocycles. The molecule has 0 saturated carbocycles. The Balaban J connectivity index is 1.79. The Hall–Kier alpha value is -0.820. The number of nitrogens with one attached hydrogen (secondary N) is 2. The van der Waals surface area contributed by atoms with Crippen molar-refractivity contribution in [2.24, 2.45) is 0 Å². The van der Waals surface area contributed by atoms with E-state index in [1.165, 1.54) is 36.4 Å². The number of amides is 1. The van der Waals surface area contributed by atoms with E-state index in [1.807, 2.05) is 18.7 Å². The first-order chi connectivity index (χ1) is 8.79. The first kappa shape index (κ1) is 13.6. The molecule has 1 aliphatic rings. The van der Waals surface area contributed by atoms with E-state index >= 15 is 0 Å². The molecule has 0 aliphatic carbocycles. The third kappa shape index (κ3) is 3.84. The van der Waals surface area contributed by atoms with Crippen molar-refractivity contribution < 1.29 is 4.79 Å². The predicted molar refractivity (Wildman–Crippen MR) is 76.5 cm³/mol. The fourth-order valence-corrected chi connectivity index (χ4v) is 3.75. The van der Waals surface area contributed by atoms with Gasteiger partial charge in [-0.3, -0.25) is 4.79 Å². The molecule has 1 unspecified atom stereocenters. The van der Waals surface area contributed by atoms with E-state index in [9.17, 15) is 4.79 Å². The molecule has 0 spiro atoms. The summed E-state index contributed by atoms with van der Waals surface area (Å²) in [6, 6.07) is 0. The standard InChI is InChI=1S/C11H18N4OS2/c1-2-12-11-15-14-10(18-11)9(16)13-7-8-5-3-4-6-17-8/h8H,2-7H2,1H3,(H,12,15)(H,13,16). The highest BCUT2D eigenvalue weighted by molar-refractivity contribution is 7.99. The molecule has 1 amide bonds. The van der Waals surface area contributed by atoms with E-state index in [0.29, 0.717) is 15.4 Å². The van der Waals surface area contributed by atoms with E-state index in [2.05, 4.69) is 20.8 Å². The van der Waals surface area contributed by atoms with Gasteiger partial charge in [0.15, 0.2) is 0 Å². The molecule has 0 bridgehead atoms. The van der Waals surface area contributed by atoms with Crippen molar-refractivity contribution in [1.29, 1.82) is 0 Å². The Labute approximate surface area is 115 Å². The fourth-order valence-electron chi connectivity index (χ4n) is 1.79. The summed E-state index contributed by atoms with van der Waals surface area (Å²) in [5, 5.41) is 15.5. The maximum absolute atomic E-state index is 11.9. The average molecular weight is 286 g/mol. The minimum Gasteiger partial charge on any atom is -0.360 e. The van der Waals surface area contributed by atoms with E-state index in [1.54, 1.807) is 0 Å². The van der Waals surface area contributed by atoms with Crippen LogP contribution in [0.15, 0.2) is 0 Å². The first-order valence-corrected chi connectivity index (χ1v) is 8.13. The van der Waals surface area contributed by atoms with Gasteiger partial charge in [0.2, 0.25) is 10.1 Å². The molecule has 18 heavy (non-hydrogen) atoms. The molecule has 7 heteroatoms. The van der Waals surface area contributed by atoms with Crippen LogP contribution in [-0.2, 0) is 0 Å². The molecule has 0 aromatic carbocycles. The van der Waals surface area contributed by atoms with E-state index in [-0.39, 0.29) is 5.91 Å². The van der Waals surface area contributed by atoms with Gasteiger partial charge >= 0.3 is 0 Å². The second-order valence-corrected chi connectivity index (χ2v) is 6.53. The summed E-state index contributed by atoms with van der Waals surface area (Å²) in [6.07, 6.45) is 3.78. The predicted octanol–water partition coefficient (Wildman–Crippen LogP) is 1.99. The topological polar surface area (TPSA) is 66.9 Å². The summed E-state index contributed by atoms with van der Waals surface area (Å²) in [5.41, 5.74) is 0. The number of hydrogen-bond acceptors (Lipinski definition) is 6. The Kier molecular flexibility index (Phi) is 5.25. The van der Waals surface area contributed by atoms with Crippen LogP contribution in [0.5, 0.6) is 0 Å². The van der Waals surface area contributed by atoms with Crippen LogP contribution in [0.25, 0.3) is 0 Å². The van der Waals surface area contributed by atoms with Gasteiger partial charge in [-0.1, -0.05) is 17.8 Å². The first-order valence-electron chi connectivity index (χ1n) is 6.26. The van der Waals surface area contributed by atoms with Gasteiger partial charge in [0.25, 0.3) is 5.91 Å². The van der Waals surface area contributed by atoms with Crippen molar-refractivity contribution in [3.63, 3.8) is 0 Å². The molecule has 1 aliphatic heterocycles. The molecule has 1 fully saturated rings. The SMILES string of the molecule is CCNc1nnc(C(=O)NCC2CCCCS2)s1.